The summed E-state index contributed by atoms with van der Waals surface area (Å²) >= 11 is 6.44. The average Bonchev–Trinajstić information content (AvgIpc) is 2.66. The molecule has 4 amide bonds. The first-order chi connectivity index (χ1) is 13.5. The number of nitrogens with two attached hydrogens (primary N) is 1. The minimum Gasteiger partial charge on any atom is -0.351 e. The van der Waals surface area contributed by atoms with Crippen LogP contribution in [0, 0.1) is 5.92 Å². The van der Waals surface area contributed by atoms with E-state index in [9.17, 15) is 14.4 Å². The Kier molecular flexibility index (Phi) is 4.49. The van der Waals surface area contributed by atoms with Gasteiger partial charge < -0.3 is 11.1 Å². The first-order valence-corrected chi connectivity index (χ1v) is 9.02. The number of hydrogen-bond donors (Lipinski definition) is 3. The molecule has 1 aliphatic rings. The Morgan fingerprint density at radius 1 is 1.00 bits per heavy atom. The predicted molar refractivity (Wildman–Crippen MR) is 107 cm³/mol. The van der Waals surface area contributed by atoms with Gasteiger partial charge in [0.15, 0.2) is 0 Å². The molecule has 0 saturated carbocycles. The van der Waals surface area contributed by atoms with Gasteiger partial charge in [0, 0.05) is 16.6 Å². The van der Waals surface area contributed by atoms with Gasteiger partial charge in [0.25, 0.3) is 0 Å². The molecule has 0 radical (unpaired) electrons. The van der Waals surface area contributed by atoms with E-state index in [2.05, 4.69) is 5.32 Å². The molecule has 6 nitrogen and oxygen atoms in total. The van der Waals surface area contributed by atoms with Crippen molar-refractivity contribution in [2.45, 2.75) is 5.92 Å². The molecule has 28 heavy (non-hydrogen) atoms. The predicted octanol–water partition coefficient (Wildman–Crippen LogP) is 3.39. The number of urea groups is 1. The number of fused-ring (bicyclic) bond motifs is 3. The van der Waals surface area contributed by atoms with Crippen LogP contribution in [0.5, 0.6) is 0 Å². The van der Waals surface area contributed by atoms with Crippen molar-refractivity contribution in [1.82, 2.24) is 5.32 Å². The van der Waals surface area contributed by atoms with Crippen molar-refractivity contribution in [1.29, 1.82) is 0 Å². The van der Waals surface area contributed by atoms with Crippen molar-refractivity contribution in [2.75, 3.05) is 5.32 Å². The standard InChI is InChI=1S/C21H16ClN3O3/c22-14-8-4-3-7-13(14)17-16-12-6-2-1-5-11(12)9-10-15(16)24-19(26)18(17)20(27)25-21(23)28/h1-10,17-18H,(H,24,26)(H3,23,25,27,28). The van der Waals surface area contributed by atoms with Crippen LogP contribution in [0.2, 0.25) is 5.02 Å². The summed E-state index contributed by atoms with van der Waals surface area (Å²) in [6.07, 6.45) is 0. The fraction of sp³-hybridized carbons (Fsp3) is 0.0952. The maximum absolute atomic E-state index is 12.8. The smallest absolute Gasteiger partial charge is 0.318 e. The molecular weight excluding hydrogens is 378 g/mol. The van der Waals surface area contributed by atoms with Gasteiger partial charge in [-0.25, -0.2) is 4.79 Å². The maximum Gasteiger partial charge on any atom is 0.318 e. The molecule has 0 bridgehead atoms. The zero-order valence-electron chi connectivity index (χ0n) is 14.6. The normalized spacial score (nSPS) is 18.2. The third-order valence-corrected chi connectivity index (χ3v) is 5.27. The molecule has 3 aromatic rings. The zero-order valence-corrected chi connectivity index (χ0v) is 15.4. The second-order valence-electron chi connectivity index (χ2n) is 6.57. The van der Waals surface area contributed by atoms with E-state index < -0.39 is 29.7 Å². The highest BCUT2D eigenvalue weighted by Crippen LogP contribution is 2.46. The topological polar surface area (TPSA) is 101 Å². The zero-order chi connectivity index (χ0) is 19.8. The van der Waals surface area contributed by atoms with Crippen LogP contribution < -0.4 is 16.4 Å². The number of primary amides is 1. The average molecular weight is 394 g/mol. The molecule has 7 heteroatoms. The van der Waals surface area contributed by atoms with Gasteiger partial charge in [-0.05, 0) is 34.0 Å². The number of amides is 4. The number of benzene rings is 3. The molecule has 0 aliphatic carbocycles. The van der Waals surface area contributed by atoms with Gasteiger partial charge in [-0.3, -0.25) is 14.9 Å². The Morgan fingerprint density at radius 2 is 1.71 bits per heavy atom. The van der Waals surface area contributed by atoms with Crippen molar-refractivity contribution in [2.24, 2.45) is 11.7 Å². The summed E-state index contributed by atoms with van der Waals surface area (Å²) in [5, 5.41) is 7.10. The lowest BCUT2D eigenvalue weighted by Gasteiger charge is -2.33. The van der Waals surface area contributed by atoms with Crippen LogP contribution in [-0.2, 0) is 9.59 Å². The molecular formula is C21H16ClN3O3. The Morgan fingerprint density at radius 3 is 2.46 bits per heavy atom. The summed E-state index contributed by atoms with van der Waals surface area (Å²) in [6.45, 7) is 0. The molecule has 0 saturated heterocycles. The van der Waals surface area contributed by atoms with E-state index >= 15 is 0 Å². The van der Waals surface area contributed by atoms with Crippen LogP contribution in [0.25, 0.3) is 10.8 Å². The number of anilines is 1. The highest BCUT2D eigenvalue weighted by molar-refractivity contribution is 6.31. The van der Waals surface area contributed by atoms with Gasteiger partial charge in [0.1, 0.15) is 5.92 Å². The number of rotatable bonds is 2. The Balaban J connectivity index is 2.01. The van der Waals surface area contributed by atoms with E-state index in [0.717, 1.165) is 16.3 Å². The second kappa shape index (κ2) is 6.98. The quantitative estimate of drug-likeness (QED) is 0.581. The number of imide groups is 1. The lowest BCUT2D eigenvalue weighted by atomic mass is 9.75. The molecule has 2 unspecified atom stereocenters. The molecule has 4 rings (SSSR count). The van der Waals surface area contributed by atoms with Crippen LogP contribution in [0.15, 0.2) is 60.7 Å². The third kappa shape index (κ3) is 2.97. The molecule has 0 aromatic heterocycles. The van der Waals surface area contributed by atoms with E-state index in [1.54, 1.807) is 24.3 Å². The van der Waals surface area contributed by atoms with Crippen molar-refractivity contribution in [3.05, 3.63) is 76.8 Å². The molecule has 3 aromatic carbocycles. The van der Waals surface area contributed by atoms with Crippen LogP contribution >= 0.6 is 11.6 Å². The molecule has 4 N–H and O–H groups in total. The summed E-state index contributed by atoms with van der Waals surface area (Å²) in [6, 6.07) is 17.4. The van der Waals surface area contributed by atoms with Crippen molar-refractivity contribution in [3.63, 3.8) is 0 Å². The summed E-state index contributed by atoms with van der Waals surface area (Å²) in [5.74, 6) is -3.17. The van der Waals surface area contributed by atoms with E-state index in [1.165, 1.54) is 0 Å². The number of nitrogens with one attached hydrogen (secondary N) is 2. The highest BCUT2D eigenvalue weighted by atomic mass is 35.5. The number of carbonyl (C=O) groups is 3. The molecule has 0 spiro atoms. The molecule has 1 aliphatic heterocycles. The number of hydrogen-bond acceptors (Lipinski definition) is 3. The lowest BCUT2D eigenvalue weighted by molar-refractivity contribution is -0.132. The van der Waals surface area contributed by atoms with Gasteiger partial charge in [-0.1, -0.05) is 60.1 Å². The van der Waals surface area contributed by atoms with Gasteiger partial charge in [-0.2, -0.15) is 0 Å². The van der Waals surface area contributed by atoms with Crippen molar-refractivity contribution in [3.8, 4) is 0 Å². The van der Waals surface area contributed by atoms with Gasteiger partial charge >= 0.3 is 6.03 Å². The largest absolute Gasteiger partial charge is 0.351 e. The van der Waals surface area contributed by atoms with Crippen molar-refractivity contribution >= 4 is 45.9 Å². The van der Waals surface area contributed by atoms with E-state index in [1.807, 2.05) is 41.7 Å². The van der Waals surface area contributed by atoms with E-state index in [4.69, 9.17) is 17.3 Å². The fourth-order valence-corrected chi connectivity index (χ4v) is 4.05. The summed E-state index contributed by atoms with van der Waals surface area (Å²) < 4.78 is 0. The van der Waals surface area contributed by atoms with Crippen LogP contribution in [-0.4, -0.2) is 17.8 Å². The van der Waals surface area contributed by atoms with E-state index in [0.29, 0.717) is 16.3 Å². The van der Waals surface area contributed by atoms with E-state index in [-0.39, 0.29) is 0 Å². The minimum absolute atomic E-state index is 0.429. The van der Waals surface area contributed by atoms with Crippen LogP contribution in [0.3, 0.4) is 0 Å². The highest BCUT2D eigenvalue weighted by Gasteiger charge is 2.43. The SMILES string of the molecule is NC(=O)NC(=O)C1C(=O)Nc2ccc3ccccc3c2C1c1ccccc1Cl. The Labute approximate surface area is 165 Å². The maximum atomic E-state index is 12.8. The monoisotopic (exact) mass is 393 g/mol. The van der Waals surface area contributed by atoms with Gasteiger partial charge in [0.05, 0.1) is 0 Å². The van der Waals surface area contributed by atoms with Crippen LogP contribution in [0.4, 0.5) is 10.5 Å². The third-order valence-electron chi connectivity index (χ3n) is 4.92. The Hall–Kier alpha value is -3.38. The van der Waals surface area contributed by atoms with Crippen LogP contribution in [0.1, 0.15) is 17.0 Å². The minimum atomic E-state index is -1.20. The lowest BCUT2D eigenvalue weighted by Crippen LogP contribution is -2.47. The first kappa shape index (κ1) is 18.0. The molecule has 0 fully saturated rings. The Bertz CT molecular complexity index is 1130. The summed E-state index contributed by atoms with van der Waals surface area (Å²) in [4.78, 5) is 36.8. The molecule has 140 valence electrons. The summed E-state index contributed by atoms with van der Waals surface area (Å²) in [5.41, 5.74) is 7.12. The second-order valence-corrected chi connectivity index (χ2v) is 6.97. The fourth-order valence-electron chi connectivity index (χ4n) is 3.80. The van der Waals surface area contributed by atoms with Gasteiger partial charge in [0.2, 0.25) is 11.8 Å². The first-order valence-electron chi connectivity index (χ1n) is 8.64. The number of halogens is 1. The number of carbonyl (C=O) groups excluding carboxylic acids is 3. The summed E-state index contributed by atoms with van der Waals surface area (Å²) in [7, 11) is 0. The van der Waals surface area contributed by atoms with Crippen molar-refractivity contribution < 1.29 is 14.4 Å². The molecule has 1 heterocycles. The van der Waals surface area contributed by atoms with Gasteiger partial charge in [-0.15, -0.1) is 0 Å². The molecule has 2 atom stereocenters.